The van der Waals surface area contributed by atoms with Crippen molar-refractivity contribution in [1.29, 1.82) is 0 Å². The third-order valence-corrected chi connectivity index (χ3v) is 10.0. The van der Waals surface area contributed by atoms with Crippen LogP contribution in [-0.2, 0) is 27.6 Å². The van der Waals surface area contributed by atoms with E-state index in [0.29, 0.717) is 30.7 Å². The molecule has 0 radical (unpaired) electrons. The van der Waals surface area contributed by atoms with Gasteiger partial charge in [0.2, 0.25) is 0 Å². The molecule has 5 rings (SSSR count). The number of nitrogens with zero attached hydrogens (tertiary/aromatic N) is 1. The minimum atomic E-state index is -1.40. The first kappa shape index (κ1) is 29.2. The van der Waals surface area contributed by atoms with Gasteiger partial charge in [0.15, 0.2) is 0 Å². The van der Waals surface area contributed by atoms with Crippen LogP contribution in [0.25, 0.3) is 23.1 Å². The van der Waals surface area contributed by atoms with Crippen molar-refractivity contribution < 1.29 is 19.2 Å². The lowest BCUT2D eigenvalue weighted by Gasteiger charge is -2.24. The van der Waals surface area contributed by atoms with Gasteiger partial charge in [-0.15, -0.1) is 0 Å². The second-order valence-electron chi connectivity index (χ2n) is 11.4. The number of aromatic nitrogens is 1. The zero-order valence-corrected chi connectivity index (χ0v) is 24.8. The summed E-state index contributed by atoms with van der Waals surface area (Å²) >= 11 is 6.15. The highest BCUT2D eigenvalue weighted by Crippen LogP contribution is 2.48. The number of carbonyl (C=O) groups is 1. The summed E-state index contributed by atoms with van der Waals surface area (Å²) in [5, 5.41) is 21.8. The van der Waals surface area contributed by atoms with Crippen LogP contribution in [0.4, 0.5) is 0 Å². The number of aliphatic carboxylic acids is 1. The minimum Gasteiger partial charge on any atom is -0.481 e. The average molecular weight is 588 g/mol. The lowest BCUT2D eigenvalue weighted by Crippen LogP contribution is -2.25. The van der Waals surface area contributed by atoms with E-state index in [-0.39, 0.29) is 11.0 Å². The van der Waals surface area contributed by atoms with Gasteiger partial charge in [-0.05, 0) is 86.1 Å². The zero-order valence-electron chi connectivity index (χ0n) is 23.2. The SMILES string of the molecule is CC(C)(O)c1ccccc1CC[C@H](c1cccc(/C=C/c2ccc3ccc(Cl)cc3n2)c1)S(=O)CC1(C(=O)O)CC1. The van der Waals surface area contributed by atoms with E-state index in [0.717, 1.165) is 38.9 Å². The lowest BCUT2D eigenvalue weighted by atomic mass is 9.90. The van der Waals surface area contributed by atoms with Crippen molar-refractivity contribution in [3.05, 3.63) is 112 Å². The van der Waals surface area contributed by atoms with Crippen LogP contribution in [0.3, 0.4) is 0 Å². The first-order chi connectivity index (χ1) is 19.5. The molecule has 5 nitrogen and oxygen atoms in total. The molecule has 0 spiro atoms. The Morgan fingerprint density at radius 2 is 1.80 bits per heavy atom. The van der Waals surface area contributed by atoms with E-state index in [1.165, 1.54) is 0 Å². The third kappa shape index (κ3) is 6.95. The Kier molecular flexibility index (Phi) is 8.46. The van der Waals surface area contributed by atoms with Gasteiger partial charge in [0.1, 0.15) is 0 Å². The van der Waals surface area contributed by atoms with E-state index in [2.05, 4.69) is 0 Å². The second kappa shape index (κ2) is 11.9. The third-order valence-electron chi connectivity index (χ3n) is 7.80. The van der Waals surface area contributed by atoms with Crippen LogP contribution in [0.15, 0.2) is 78.9 Å². The maximum absolute atomic E-state index is 13.8. The van der Waals surface area contributed by atoms with E-state index in [4.69, 9.17) is 16.6 Å². The van der Waals surface area contributed by atoms with Gasteiger partial charge >= 0.3 is 5.97 Å². The van der Waals surface area contributed by atoms with E-state index in [1.807, 2.05) is 91.0 Å². The Balaban J connectivity index is 1.42. The van der Waals surface area contributed by atoms with Crippen LogP contribution in [0.2, 0.25) is 5.02 Å². The molecule has 4 aromatic rings. The van der Waals surface area contributed by atoms with Gasteiger partial charge in [0.05, 0.1) is 27.5 Å². The van der Waals surface area contributed by atoms with Crippen molar-refractivity contribution in [1.82, 2.24) is 4.98 Å². The van der Waals surface area contributed by atoms with Crippen molar-refractivity contribution in [2.75, 3.05) is 5.75 Å². The summed E-state index contributed by atoms with van der Waals surface area (Å²) in [4.78, 5) is 16.6. The maximum atomic E-state index is 13.8. The fourth-order valence-corrected chi connectivity index (χ4v) is 7.41. The van der Waals surface area contributed by atoms with Crippen LogP contribution in [0.5, 0.6) is 0 Å². The van der Waals surface area contributed by atoms with Gasteiger partial charge in [-0.25, -0.2) is 4.98 Å². The summed E-state index contributed by atoms with van der Waals surface area (Å²) in [6, 6.07) is 25.3. The zero-order chi connectivity index (χ0) is 29.2. The predicted octanol–water partition coefficient (Wildman–Crippen LogP) is 7.57. The molecular weight excluding hydrogens is 554 g/mol. The minimum absolute atomic E-state index is 0.143. The first-order valence-corrected chi connectivity index (χ1v) is 15.6. The van der Waals surface area contributed by atoms with Crippen LogP contribution >= 0.6 is 11.6 Å². The topological polar surface area (TPSA) is 87.5 Å². The monoisotopic (exact) mass is 587 g/mol. The molecule has 1 unspecified atom stereocenters. The Labute approximate surface area is 248 Å². The van der Waals surface area contributed by atoms with Crippen LogP contribution in [0, 0.1) is 5.41 Å². The molecule has 1 saturated carbocycles. The number of hydrogen-bond donors (Lipinski definition) is 2. The van der Waals surface area contributed by atoms with E-state index in [1.54, 1.807) is 13.8 Å². The summed E-state index contributed by atoms with van der Waals surface area (Å²) in [6.07, 6.45) is 6.22. The number of halogens is 1. The number of fused-ring (bicyclic) bond motifs is 1. The molecule has 3 aromatic carbocycles. The van der Waals surface area contributed by atoms with Crippen molar-refractivity contribution in [3.8, 4) is 0 Å². The molecule has 41 heavy (non-hydrogen) atoms. The quantitative estimate of drug-likeness (QED) is 0.189. The molecular formula is C34H34ClNO4S. The Bertz CT molecular complexity index is 1640. The maximum Gasteiger partial charge on any atom is 0.310 e. The number of aliphatic hydroxyl groups is 1. The molecule has 1 fully saturated rings. The highest BCUT2D eigenvalue weighted by Gasteiger charge is 2.52. The molecule has 2 atom stereocenters. The summed E-state index contributed by atoms with van der Waals surface area (Å²) in [5.74, 6) is -0.720. The normalized spacial score (nSPS) is 16.1. The highest BCUT2D eigenvalue weighted by atomic mass is 35.5. The van der Waals surface area contributed by atoms with E-state index < -0.39 is 27.8 Å². The number of aryl methyl sites for hydroxylation is 1. The standard InChI is InChI=1S/C34H34ClNO4S/c1-33(2,39)29-9-4-3-7-24(29)13-17-31(41(40)22-34(18-19-34)32(37)38)26-8-5-6-23(20-26)10-15-28-16-12-25-11-14-27(35)21-30(25)36-28/h3-12,14-16,20-21,31,39H,13,17-19,22H2,1-2H3,(H,37,38)/b15-10+/t31-,41?/m1/s1. The molecule has 1 aromatic heterocycles. The molecule has 1 aliphatic carbocycles. The Morgan fingerprint density at radius 1 is 1.05 bits per heavy atom. The summed E-state index contributed by atoms with van der Waals surface area (Å²) < 4.78 is 13.8. The molecule has 0 saturated heterocycles. The molecule has 0 bridgehead atoms. The number of rotatable bonds is 11. The highest BCUT2D eigenvalue weighted by molar-refractivity contribution is 7.85. The van der Waals surface area contributed by atoms with Gasteiger partial charge in [0, 0.05) is 27.0 Å². The Morgan fingerprint density at radius 3 is 2.54 bits per heavy atom. The van der Waals surface area contributed by atoms with Gasteiger partial charge in [0.25, 0.3) is 0 Å². The molecule has 1 aliphatic rings. The van der Waals surface area contributed by atoms with Crippen molar-refractivity contribution in [2.24, 2.45) is 5.41 Å². The first-order valence-electron chi connectivity index (χ1n) is 13.8. The van der Waals surface area contributed by atoms with Crippen LogP contribution < -0.4 is 0 Å². The number of hydrogen-bond acceptors (Lipinski definition) is 4. The number of benzene rings is 3. The van der Waals surface area contributed by atoms with Crippen LogP contribution in [-0.4, -0.2) is 31.1 Å². The smallest absolute Gasteiger partial charge is 0.310 e. The van der Waals surface area contributed by atoms with Gasteiger partial charge in [-0.3, -0.25) is 9.00 Å². The largest absolute Gasteiger partial charge is 0.481 e. The van der Waals surface area contributed by atoms with Gasteiger partial charge in [-0.1, -0.05) is 78.3 Å². The van der Waals surface area contributed by atoms with Crippen LogP contribution in [0.1, 0.15) is 66.3 Å². The summed E-state index contributed by atoms with van der Waals surface area (Å²) in [7, 11) is -1.40. The van der Waals surface area contributed by atoms with Gasteiger partial charge < -0.3 is 10.2 Å². The molecule has 1 heterocycles. The van der Waals surface area contributed by atoms with E-state index >= 15 is 0 Å². The van der Waals surface area contributed by atoms with E-state index in [9.17, 15) is 19.2 Å². The fourth-order valence-electron chi connectivity index (χ4n) is 5.26. The second-order valence-corrected chi connectivity index (χ2v) is 13.5. The van der Waals surface area contributed by atoms with Crippen molar-refractivity contribution >= 4 is 51.4 Å². The molecule has 0 aliphatic heterocycles. The summed E-state index contributed by atoms with van der Waals surface area (Å²) in [5.41, 5.74) is 3.43. The number of pyridine rings is 1. The molecule has 212 valence electrons. The molecule has 7 heteroatoms. The van der Waals surface area contributed by atoms with Gasteiger partial charge in [-0.2, -0.15) is 0 Å². The van der Waals surface area contributed by atoms with Crippen molar-refractivity contribution in [2.45, 2.75) is 50.4 Å². The molecule has 0 amide bonds. The number of carboxylic acid groups (broad SMARTS) is 1. The fraction of sp³-hybridized carbons (Fsp3) is 0.294. The number of carboxylic acids is 1. The predicted molar refractivity (Wildman–Crippen MR) is 167 cm³/mol. The Hall–Kier alpha value is -3.32. The summed E-state index contributed by atoms with van der Waals surface area (Å²) in [6.45, 7) is 3.53. The molecule has 2 N–H and O–H groups in total. The van der Waals surface area contributed by atoms with Crippen molar-refractivity contribution in [3.63, 3.8) is 0 Å². The average Bonchev–Trinajstić information content (AvgIpc) is 3.72. The lowest BCUT2D eigenvalue weighted by molar-refractivity contribution is -0.142.